The number of rotatable bonds is 8. The molecule has 1 aromatic carbocycles. The van der Waals surface area contributed by atoms with Crippen LogP contribution in [0.2, 0.25) is 0 Å². The summed E-state index contributed by atoms with van der Waals surface area (Å²) >= 11 is 1.99. The maximum Gasteiger partial charge on any atom is 0.303 e. The molecule has 9 nitrogen and oxygen atoms in total. The summed E-state index contributed by atoms with van der Waals surface area (Å²) in [4.78, 5) is 66.0. The molecule has 1 saturated heterocycles. The van der Waals surface area contributed by atoms with Crippen molar-refractivity contribution in [1.29, 1.82) is 0 Å². The number of aromatic hydroxyl groups is 1. The third-order valence-corrected chi connectivity index (χ3v) is 9.35. The van der Waals surface area contributed by atoms with E-state index in [1.54, 1.807) is 19.1 Å². The molecule has 210 valence electrons. The molecule has 40 heavy (non-hydrogen) atoms. The summed E-state index contributed by atoms with van der Waals surface area (Å²) in [5.74, 6) is -3.88. The maximum absolute atomic E-state index is 13.7. The SMILES string of the molecule is COc1cc(C2C3=CCC4C(=O)N(CCCCCC(=O)O)C(=O)C4C3CC3=C2C(=O)C=C(C)C3=O)cc(I)c1O. The number of carboxylic acids is 1. The van der Waals surface area contributed by atoms with Crippen molar-refractivity contribution in [2.45, 2.75) is 51.4 Å². The average molecular weight is 659 g/mol. The standard InChI is InChI=1S/C30H30INO8/c1-14-10-21(33)26-19(27(14)36)13-18-16(24(26)15-11-20(31)28(37)22(12-15)40-2)7-8-17-25(18)30(39)32(29(17)38)9-5-3-4-6-23(34)35/h7,10-12,17-18,24-25,37H,3-6,8-9,13H2,1-2H3,(H,34,35). The monoisotopic (exact) mass is 659 g/mol. The summed E-state index contributed by atoms with van der Waals surface area (Å²) in [5, 5.41) is 19.3. The Balaban J connectivity index is 1.53. The number of methoxy groups -OCH3 is 1. The number of hydrogen-bond acceptors (Lipinski definition) is 7. The number of benzene rings is 1. The molecule has 3 aliphatic carbocycles. The number of phenolic OH excluding ortho intramolecular Hbond substituents is 1. The molecule has 1 heterocycles. The first-order valence-electron chi connectivity index (χ1n) is 13.4. The highest BCUT2D eigenvalue weighted by Gasteiger charge is 2.56. The van der Waals surface area contributed by atoms with Crippen LogP contribution in [0.1, 0.15) is 56.9 Å². The highest BCUT2D eigenvalue weighted by Crippen LogP contribution is 2.55. The number of phenols is 1. The maximum atomic E-state index is 13.7. The lowest BCUT2D eigenvalue weighted by atomic mass is 9.59. The highest BCUT2D eigenvalue weighted by atomic mass is 127. The van der Waals surface area contributed by atoms with Gasteiger partial charge in [-0.15, -0.1) is 0 Å². The number of allylic oxidation sites excluding steroid dienone is 6. The zero-order valence-electron chi connectivity index (χ0n) is 22.2. The third-order valence-electron chi connectivity index (χ3n) is 8.53. The molecule has 0 spiro atoms. The zero-order valence-corrected chi connectivity index (χ0v) is 24.4. The van der Waals surface area contributed by atoms with Crippen molar-refractivity contribution in [2.24, 2.45) is 17.8 Å². The number of ether oxygens (including phenoxy) is 1. The molecular formula is C30H30INO8. The first-order chi connectivity index (χ1) is 19.0. The number of unbranched alkanes of at least 4 members (excludes halogenated alkanes) is 2. The van der Waals surface area contributed by atoms with E-state index in [1.165, 1.54) is 18.1 Å². The van der Waals surface area contributed by atoms with Gasteiger partial charge >= 0.3 is 5.97 Å². The van der Waals surface area contributed by atoms with Gasteiger partial charge in [0.2, 0.25) is 11.8 Å². The number of fused-ring (bicyclic) bond motifs is 3. The number of nitrogens with zero attached hydrogens (tertiary/aromatic N) is 1. The van der Waals surface area contributed by atoms with Gasteiger partial charge in [-0.25, -0.2) is 0 Å². The van der Waals surface area contributed by atoms with Crippen molar-refractivity contribution in [2.75, 3.05) is 13.7 Å². The fraction of sp³-hybridized carbons (Fsp3) is 0.433. The zero-order chi connectivity index (χ0) is 28.9. The molecule has 2 N–H and O–H groups in total. The quantitative estimate of drug-likeness (QED) is 0.140. The second-order valence-electron chi connectivity index (χ2n) is 10.8. The minimum Gasteiger partial charge on any atom is -0.504 e. The van der Waals surface area contributed by atoms with Crippen molar-refractivity contribution in [3.8, 4) is 11.5 Å². The lowest BCUT2D eigenvalue weighted by Gasteiger charge is -2.42. The fourth-order valence-electron chi connectivity index (χ4n) is 6.69. The number of hydrogen-bond donors (Lipinski definition) is 2. The van der Waals surface area contributed by atoms with Crippen LogP contribution in [0.15, 0.2) is 46.6 Å². The summed E-state index contributed by atoms with van der Waals surface area (Å²) < 4.78 is 5.91. The summed E-state index contributed by atoms with van der Waals surface area (Å²) in [6.45, 7) is 1.84. The van der Waals surface area contributed by atoms with E-state index in [4.69, 9.17) is 9.84 Å². The number of carbonyl (C=O) groups is 5. The van der Waals surface area contributed by atoms with Gasteiger partial charge in [0, 0.05) is 35.6 Å². The van der Waals surface area contributed by atoms with Crippen molar-refractivity contribution in [1.82, 2.24) is 4.90 Å². The number of halogens is 1. The van der Waals surface area contributed by atoms with Gasteiger partial charge in [0.1, 0.15) is 0 Å². The molecule has 0 aromatic heterocycles. The Hall–Kier alpha value is -3.28. The smallest absolute Gasteiger partial charge is 0.303 e. The number of ketones is 2. The Bertz CT molecular complexity index is 1440. The van der Waals surface area contributed by atoms with Gasteiger partial charge in [-0.3, -0.25) is 28.9 Å². The Kier molecular flexibility index (Phi) is 7.73. The predicted octanol–water partition coefficient (Wildman–Crippen LogP) is 4.08. The second kappa shape index (κ2) is 10.9. The van der Waals surface area contributed by atoms with Gasteiger partial charge in [0.25, 0.3) is 0 Å². The number of likely N-dealkylation sites (tertiary alicyclic amines) is 1. The number of aliphatic carboxylic acids is 1. The van der Waals surface area contributed by atoms with Crippen LogP contribution in [0.4, 0.5) is 0 Å². The number of imide groups is 1. The number of amides is 2. The molecule has 1 fully saturated rings. The molecule has 4 aliphatic rings. The van der Waals surface area contributed by atoms with Crippen LogP contribution in [0.5, 0.6) is 11.5 Å². The summed E-state index contributed by atoms with van der Waals surface area (Å²) in [6, 6.07) is 3.42. The van der Waals surface area contributed by atoms with Crippen LogP contribution in [0.25, 0.3) is 0 Å². The molecule has 0 radical (unpaired) electrons. The van der Waals surface area contributed by atoms with Crippen molar-refractivity contribution in [3.05, 3.63) is 55.7 Å². The van der Waals surface area contributed by atoms with Gasteiger partial charge in [0.15, 0.2) is 23.1 Å². The predicted molar refractivity (Wildman–Crippen MR) is 152 cm³/mol. The van der Waals surface area contributed by atoms with Gasteiger partial charge in [-0.2, -0.15) is 0 Å². The Morgan fingerprint density at radius 3 is 2.55 bits per heavy atom. The normalized spacial score (nSPS) is 25.8. The lowest BCUT2D eigenvalue weighted by Crippen LogP contribution is -2.39. The molecular weight excluding hydrogens is 629 g/mol. The molecule has 5 rings (SSSR count). The largest absolute Gasteiger partial charge is 0.504 e. The van der Waals surface area contributed by atoms with Gasteiger partial charge < -0.3 is 14.9 Å². The van der Waals surface area contributed by atoms with Crippen LogP contribution >= 0.6 is 22.6 Å². The average Bonchev–Trinajstić information content (AvgIpc) is 3.16. The van der Waals surface area contributed by atoms with E-state index in [0.29, 0.717) is 51.5 Å². The fourth-order valence-corrected chi connectivity index (χ4v) is 7.31. The summed E-state index contributed by atoms with van der Waals surface area (Å²) in [6.07, 6.45) is 5.50. The molecule has 4 atom stereocenters. The first kappa shape index (κ1) is 28.3. The number of carbonyl (C=O) groups excluding carboxylic acids is 4. The van der Waals surface area contributed by atoms with E-state index in [-0.39, 0.29) is 54.3 Å². The Morgan fingerprint density at radius 2 is 1.85 bits per heavy atom. The van der Waals surface area contributed by atoms with E-state index in [9.17, 15) is 29.1 Å². The topological polar surface area (TPSA) is 138 Å². The summed E-state index contributed by atoms with van der Waals surface area (Å²) in [5.41, 5.74) is 2.61. The lowest BCUT2D eigenvalue weighted by molar-refractivity contribution is -0.141. The van der Waals surface area contributed by atoms with Gasteiger partial charge in [0.05, 0.1) is 22.5 Å². The molecule has 0 bridgehead atoms. The second-order valence-corrected chi connectivity index (χ2v) is 12.0. The van der Waals surface area contributed by atoms with Crippen LogP contribution in [-0.2, 0) is 24.0 Å². The van der Waals surface area contributed by atoms with Crippen LogP contribution < -0.4 is 4.74 Å². The number of carboxylic acid groups (broad SMARTS) is 1. The highest BCUT2D eigenvalue weighted by molar-refractivity contribution is 14.1. The van der Waals surface area contributed by atoms with Crippen LogP contribution in [0.3, 0.4) is 0 Å². The Morgan fingerprint density at radius 1 is 1.10 bits per heavy atom. The van der Waals surface area contributed by atoms with Gasteiger partial charge in [-0.05, 0) is 84.9 Å². The van der Waals surface area contributed by atoms with E-state index < -0.39 is 29.6 Å². The van der Waals surface area contributed by atoms with Crippen LogP contribution in [-0.4, -0.2) is 58.1 Å². The number of Topliss-reactive ketones (excluding diaryl/α,β-unsaturated/α-hetero) is 1. The van der Waals surface area contributed by atoms with E-state index in [2.05, 4.69) is 0 Å². The molecule has 4 unspecified atom stereocenters. The van der Waals surface area contributed by atoms with Crippen molar-refractivity contribution >= 4 is 51.9 Å². The van der Waals surface area contributed by atoms with Crippen LogP contribution in [0, 0.1) is 21.3 Å². The molecule has 2 amide bonds. The Labute approximate surface area is 245 Å². The summed E-state index contributed by atoms with van der Waals surface area (Å²) in [7, 11) is 1.44. The molecule has 1 aromatic rings. The molecule has 0 saturated carbocycles. The first-order valence-corrected chi connectivity index (χ1v) is 14.5. The minimum absolute atomic E-state index is 0.0246. The molecule has 10 heteroatoms. The van der Waals surface area contributed by atoms with Gasteiger partial charge in [-0.1, -0.05) is 18.1 Å². The molecule has 1 aliphatic heterocycles. The van der Waals surface area contributed by atoms with E-state index >= 15 is 0 Å². The van der Waals surface area contributed by atoms with Crippen molar-refractivity contribution < 1.29 is 38.9 Å². The minimum atomic E-state index is -0.875. The van der Waals surface area contributed by atoms with Crippen molar-refractivity contribution in [3.63, 3.8) is 0 Å². The van der Waals surface area contributed by atoms with E-state index in [1.807, 2.05) is 28.7 Å². The van der Waals surface area contributed by atoms with E-state index in [0.717, 1.165) is 5.57 Å². The third kappa shape index (κ3) is 4.69.